The van der Waals surface area contributed by atoms with Crippen LogP contribution in [0, 0.1) is 5.92 Å². The maximum Gasteiger partial charge on any atom is 0.107 e. The van der Waals surface area contributed by atoms with Crippen molar-refractivity contribution in [3.8, 4) is 0 Å². The second kappa shape index (κ2) is 5.31. The molecule has 3 rings (SSSR count). The third kappa shape index (κ3) is 2.73. The summed E-state index contributed by atoms with van der Waals surface area (Å²) in [5.74, 6) is 1.68. The largest absolute Gasteiger partial charge is 0.378 e. The average Bonchev–Trinajstić information content (AvgIpc) is 2.69. The minimum Gasteiger partial charge on any atom is -0.378 e. The lowest BCUT2D eigenvalue weighted by Crippen LogP contribution is -2.32. The van der Waals surface area contributed by atoms with Gasteiger partial charge in [0.15, 0.2) is 0 Å². The zero-order chi connectivity index (χ0) is 13.4. The van der Waals surface area contributed by atoms with Gasteiger partial charge >= 0.3 is 0 Å². The molecule has 1 fully saturated rings. The molecule has 5 heteroatoms. The molecule has 1 aliphatic rings. The molecule has 0 atom stereocenters. The first-order chi connectivity index (χ1) is 9.15. The Balaban J connectivity index is 1.69. The molecular formula is C14H16Cl2N2O. The summed E-state index contributed by atoms with van der Waals surface area (Å²) < 4.78 is 5.57. The highest BCUT2D eigenvalue weighted by Crippen LogP contribution is 2.33. The lowest BCUT2D eigenvalue weighted by atomic mass is 9.80. The van der Waals surface area contributed by atoms with Crippen molar-refractivity contribution in [2.45, 2.75) is 32.3 Å². The topological polar surface area (TPSA) is 37.9 Å². The number of nitrogens with zero attached hydrogens (tertiary/aromatic N) is 1. The Labute approximate surface area is 122 Å². The maximum atomic E-state index is 6.00. The standard InChI is InChI=1S/C14H16Cl2N2O/c1-2-19-9-3-8(4-9)5-14-17-12-6-10(15)11(16)7-13(12)18-14/h6-9H,2-5H2,1H3,(H,17,18). The Morgan fingerprint density at radius 1 is 1.32 bits per heavy atom. The van der Waals surface area contributed by atoms with Crippen LogP contribution >= 0.6 is 23.2 Å². The summed E-state index contributed by atoms with van der Waals surface area (Å²) in [5, 5.41) is 1.11. The second-order valence-electron chi connectivity index (χ2n) is 5.09. The van der Waals surface area contributed by atoms with Gasteiger partial charge in [-0.25, -0.2) is 4.98 Å². The molecule has 0 spiro atoms. The van der Waals surface area contributed by atoms with Gasteiger partial charge in [0.2, 0.25) is 0 Å². The summed E-state index contributed by atoms with van der Waals surface area (Å²) in [6, 6.07) is 3.64. The Bertz CT molecular complexity index is 551. The number of H-pyrrole nitrogens is 1. The summed E-state index contributed by atoms with van der Waals surface area (Å²) in [4.78, 5) is 7.88. The predicted octanol–water partition coefficient (Wildman–Crippen LogP) is 4.23. The molecule has 1 aromatic heterocycles. The summed E-state index contributed by atoms with van der Waals surface area (Å²) >= 11 is 12.0. The quantitative estimate of drug-likeness (QED) is 0.917. The zero-order valence-corrected chi connectivity index (χ0v) is 12.3. The van der Waals surface area contributed by atoms with Crippen molar-refractivity contribution in [1.29, 1.82) is 0 Å². The smallest absolute Gasteiger partial charge is 0.107 e. The van der Waals surface area contributed by atoms with E-state index in [1.165, 1.54) is 0 Å². The van der Waals surface area contributed by atoms with Crippen LogP contribution in [0.4, 0.5) is 0 Å². The van der Waals surface area contributed by atoms with Crippen molar-refractivity contribution < 1.29 is 4.74 Å². The third-order valence-corrected chi connectivity index (χ3v) is 4.37. The van der Waals surface area contributed by atoms with E-state index in [1.807, 2.05) is 19.1 Å². The molecule has 102 valence electrons. The van der Waals surface area contributed by atoms with Crippen LogP contribution in [0.15, 0.2) is 12.1 Å². The van der Waals surface area contributed by atoms with E-state index in [0.717, 1.165) is 42.7 Å². The number of imidazole rings is 1. The lowest BCUT2D eigenvalue weighted by molar-refractivity contribution is -0.0244. The van der Waals surface area contributed by atoms with Crippen molar-refractivity contribution >= 4 is 34.2 Å². The Kier molecular flexibility index (Phi) is 3.70. The van der Waals surface area contributed by atoms with Gasteiger partial charge in [0.05, 0.1) is 27.2 Å². The molecule has 1 heterocycles. The molecule has 1 N–H and O–H groups in total. The van der Waals surface area contributed by atoms with Crippen LogP contribution in [-0.2, 0) is 11.2 Å². The van der Waals surface area contributed by atoms with Crippen molar-refractivity contribution in [3.63, 3.8) is 0 Å². The van der Waals surface area contributed by atoms with E-state index in [9.17, 15) is 0 Å². The first-order valence-corrected chi connectivity index (χ1v) is 7.36. The molecule has 0 bridgehead atoms. The van der Waals surface area contributed by atoms with Crippen molar-refractivity contribution in [2.75, 3.05) is 6.61 Å². The third-order valence-electron chi connectivity index (χ3n) is 3.65. The number of rotatable bonds is 4. The van der Waals surface area contributed by atoms with E-state index in [4.69, 9.17) is 27.9 Å². The number of fused-ring (bicyclic) bond motifs is 1. The molecule has 1 aliphatic carbocycles. The average molecular weight is 299 g/mol. The number of hydrogen-bond donors (Lipinski definition) is 1. The molecule has 0 saturated heterocycles. The minimum absolute atomic E-state index is 0.447. The SMILES string of the molecule is CCOC1CC(Cc2nc3cc(Cl)c(Cl)cc3[nH]2)C1. The van der Waals surface area contributed by atoms with Crippen molar-refractivity contribution in [2.24, 2.45) is 5.92 Å². The first kappa shape index (κ1) is 13.2. The summed E-state index contributed by atoms with van der Waals surface area (Å²) in [6.45, 7) is 2.85. The summed E-state index contributed by atoms with van der Waals surface area (Å²) in [5.41, 5.74) is 1.83. The van der Waals surface area contributed by atoms with Crippen LogP contribution in [0.3, 0.4) is 0 Å². The number of ether oxygens (including phenoxy) is 1. The van der Waals surface area contributed by atoms with Crippen molar-refractivity contribution in [1.82, 2.24) is 9.97 Å². The number of benzene rings is 1. The van der Waals surface area contributed by atoms with Crippen LogP contribution < -0.4 is 0 Å². The summed E-state index contributed by atoms with van der Waals surface area (Å²) in [7, 11) is 0. The predicted molar refractivity (Wildman–Crippen MR) is 78.0 cm³/mol. The highest BCUT2D eigenvalue weighted by Gasteiger charge is 2.30. The Morgan fingerprint density at radius 3 is 2.79 bits per heavy atom. The normalized spacial score (nSPS) is 22.7. The van der Waals surface area contributed by atoms with E-state index in [0.29, 0.717) is 22.1 Å². The van der Waals surface area contributed by atoms with Gasteiger partial charge in [0.1, 0.15) is 5.82 Å². The molecule has 1 saturated carbocycles. The molecule has 1 aromatic carbocycles. The highest BCUT2D eigenvalue weighted by atomic mass is 35.5. The molecule has 0 radical (unpaired) electrons. The van der Waals surface area contributed by atoms with E-state index >= 15 is 0 Å². The molecule has 0 unspecified atom stereocenters. The van der Waals surface area contributed by atoms with Gasteiger partial charge in [-0.15, -0.1) is 0 Å². The van der Waals surface area contributed by atoms with E-state index in [-0.39, 0.29) is 0 Å². The van der Waals surface area contributed by atoms with Crippen LogP contribution in [0.2, 0.25) is 10.0 Å². The molecule has 2 aromatic rings. The van der Waals surface area contributed by atoms with Crippen LogP contribution in [0.25, 0.3) is 11.0 Å². The zero-order valence-electron chi connectivity index (χ0n) is 10.7. The van der Waals surface area contributed by atoms with E-state index in [2.05, 4.69) is 9.97 Å². The second-order valence-corrected chi connectivity index (χ2v) is 5.90. The highest BCUT2D eigenvalue weighted by molar-refractivity contribution is 6.42. The van der Waals surface area contributed by atoms with Gasteiger partial charge in [-0.3, -0.25) is 0 Å². The lowest BCUT2D eigenvalue weighted by Gasteiger charge is -2.34. The number of nitrogens with one attached hydrogen (secondary N) is 1. The van der Waals surface area contributed by atoms with Crippen LogP contribution in [0.5, 0.6) is 0 Å². The fourth-order valence-electron chi connectivity index (χ4n) is 2.64. The first-order valence-electron chi connectivity index (χ1n) is 6.61. The van der Waals surface area contributed by atoms with E-state index in [1.54, 1.807) is 0 Å². The molecule has 0 amide bonds. The fourth-order valence-corrected chi connectivity index (χ4v) is 2.96. The summed E-state index contributed by atoms with van der Waals surface area (Å²) in [6.07, 6.45) is 3.68. The number of hydrogen-bond acceptors (Lipinski definition) is 2. The Hall–Kier alpha value is -0.770. The Morgan fingerprint density at radius 2 is 2.05 bits per heavy atom. The van der Waals surface area contributed by atoms with Gasteiger partial charge in [-0.1, -0.05) is 23.2 Å². The van der Waals surface area contributed by atoms with E-state index < -0.39 is 0 Å². The number of halogens is 2. The van der Waals surface area contributed by atoms with Crippen molar-refractivity contribution in [3.05, 3.63) is 28.0 Å². The monoisotopic (exact) mass is 298 g/mol. The number of aromatic amines is 1. The van der Waals surface area contributed by atoms with Gasteiger partial charge in [-0.2, -0.15) is 0 Å². The van der Waals surface area contributed by atoms with Gasteiger partial charge in [0.25, 0.3) is 0 Å². The molecule has 19 heavy (non-hydrogen) atoms. The minimum atomic E-state index is 0.447. The van der Waals surface area contributed by atoms with Crippen LogP contribution in [0.1, 0.15) is 25.6 Å². The van der Waals surface area contributed by atoms with Gasteiger partial charge in [0, 0.05) is 13.0 Å². The van der Waals surface area contributed by atoms with Gasteiger partial charge < -0.3 is 9.72 Å². The number of aromatic nitrogens is 2. The van der Waals surface area contributed by atoms with Gasteiger partial charge in [-0.05, 0) is 37.8 Å². The maximum absolute atomic E-state index is 6.00. The molecular weight excluding hydrogens is 283 g/mol. The van der Waals surface area contributed by atoms with Crippen LogP contribution in [-0.4, -0.2) is 22.7 Å². The molecule has 3 nitrogen and oxygen atoms in total. The fraction of sp³-hybridized carbons (Fsp3) is 0.500. The molecule has 0 aliphatic heterocycles.